The highest BCUT2D eigenvalue weighted by Crippen LogP contribution is 2.33. The van der Waals surface area contributed by atoms with E-state index < -0.39 is 0 Å². The van der Waals surface area contributed by atoms with Crippen LogP contribution < -0.4 is 5.32 Å². The third-order valence-electron chi connectivity index (χ3n) is 4.44. The molecule has 1 N–H and O–H groups in total. The third-order valence-corrected chi connectivity index (χ3v) is 5.65. The fourth-order valence-electron chi connectivity index (χ4n) is 3.36. The SMILES string of the molecule is CCNCc1sc2ccccc2c1CN1CCCC(C)C1. The second-order valence-electron chi connectivity index (χ2n) is 6.26. The number of likely N-dealkylation sites (tertiary alicyclic amines) is 1. The van der Waals surface area contributed by atoms with Crippen molar-refractivity contribution in [3.05, 3.63) is 34.7 Å². The van der Waals surface area contributed by atoms with Crippen LogP contribution in [0.3, 0.4) is 0 Å². The molecule has 0 bridgehead atoms. The predicted molar refractivity (Wildman–Crippen MR) is 92.9 cm³/mol. The summed E-state index contributed by atoms with van der Waals surface area (Å²) in [5.41, 5.74) is 1.56. The molecule has 0 amide bonds. The molecule has 1 fully saturated rings. The van der Waals surface area contributed by atoms with Gasteiger partial charge in [-0.1, -0.05) is 32.0 Å². The number of piperidine rings is 1. The van der Waals surface area contributed by atoms with Gasteiger partial charge in [0.15, 0.2) is 0 Å². The minimum atomic E-state index is 0.848. The summed E-state index contributed by atoms with van der Waals surface area (Å²) < 4.78 is 1.44. The summed E-state index contributed by atoms with van der Waals surface area (Å²) in [6, 6.07) is 8.89. The van der Waals surface area contributed by atoms with E-state index >= 15 is 0 Å². The lowest BCUT2D eigenvalue weighted by atomic mass is 9.99. The van der Waals surface area contributed by atoms with Crippen molar-refractivity contribution in [3.63, 3.8) is 0 Å². The van der Waals surface area contributed by atoms with Gasteiger partial charge < -0.3 is 5.32 Å². The largest absolute Gasteiger partial charge is 0.312 e. The molecule has 1 aliphatic heterocycles. The zero-order chi connectivity index (χ0) is 14.7. The van der Waals surface area contributed by atoms with Crippen molar-refractivity contribution in [2.45, 2.75) is 39.8 Å². The Labute approximate surface area is 132 Å². The molecule has 1 atom stereocenters. The molecule has 1 aliphatic rings. The Balaban J connectivity index is 1.87. The van der Waals surface area contributed by atoms with Crippen molar-refractivity contribution < 1.29 is 0 Å². The molecule has 1 unspecified atom stereocenters. The van der Waals surface area contributed by atoms with Crippen LogP contribution in [-0.4, -0.2) is 24.5 Å². The van der Waals surface area contributed by atoms with Crippen LogP contribution in [0.1, 0.15) is 37.1 Å². The van der Waals surface area contributed by atoms with Crippen molar-refractivity contribution in [1.29, 1.82) is 0 Å². The van der Waals surface area contributed by atoms with Gasteiger partial charge in [-0.05, 0) is 48.9 Å². The molecular formula is C18H26N2S. The quantitative estimate of drug-likeness (QED) is 0.888. The van der Waals surface area contributed by atoms with Crippen LogP contribution in [0, 0.1) is 5.92 Å². The van der Waals surface area contributed by atoms with Crippen molar-refractivity contribution >= 4 is 21.4 Å². The maximum absolute atomic E-state index is 3.50. The van der Waals surface area contributed by atoms with E-state index in [9.17, 15) is 0 Å². The molecule has 21 heavy (non-hydrogen) atoms. The second kappa shape index (κ2) is 6.91. The molecule has 114 valence electrons. The molecule has 1 aromatic heterocycles. The first kappa shape index (κ1) is 15.0. The number of fused-ring (bicyclic) bond motifs is 1. The average Bonchev–Trinajstić information content (AvgIpc) is 2.83. The number of nitrogens with one attached hydrogen (secondary N) is 1. The molecule has 1 aromatic carbocycles. The molecule has 0 saturated carbocycles. The minimum absolute atomic E-state index is 0.848. The summed E-state index contributed by atoms with van der Waals surface area (Å²) in [5.74, 6) is 0.848. The van der Waals surface area contributed by atoms with Gasteiger partial charge in [-0.15, -0.1) is 11.3 Å². The predicted octanol–water partition coefficient (Wildman–Crippen LogP) is 4.24. The van der Waals surface area contributed by atoms with Crippen molar-refractivity contribution in [2.75, 3.05) is 19.6 Å². The zero-order valence-corrected chi connectivity index (χ0v) is 14.0. The summed E-state index contributed by atoms with van der Waals surface area (Å²) in [5, 5.41) is 4.97. The Kier molecular flexibility index (Phi) is 4.94. The van der Waals surface area contributed by atoms with E-state index in [0.29, 0.717) is 0 Å². The van der Waals surface area contributed by atoms with E-state index in [4.69, 9.17) is 0 Å². The van der Waals surface area contributed by atoms with Gasteiger partial charge in [0.2, 0.25) is 0 Å². The summed E-state index contributed by atoms with van der Waals surface area (Å²) in [6.07, 6.45) is 2.75. The normalized spacial score (nSPS) is 20.2. The van der Waals surface area contributed by atoms with Gasteiger partial charge >= 0.3 is 0 Å². The van der Waals surface area contributed by atoms with Crippen LogP contribution in [0.25, 0.3) is 10.1 Å². The zero-order valence-electron chi connectivity index (χ0n) is 13.2. The molecule has 3 heteroatoms. The van der Waals surface area contributed by atoms with Gasteiger partial charge in [0, 0.05) is 29.2 Å². The minimum Gasteiger partial charge on any atom is -0.312 e. The number of rotatable bonds is 5. The van der Waals surface area contributed by atoms with Gasteiger partial charge in [0.25, 0.3) is 0 Å². The van der Waals surface area contributed by atoms with E-state index in [1.54, 1.807) is 5.56 Å². The summed E-state index contributed by atoms with van der Waals surface area (Å²) in [7, 11) is 0. The van der Waals surface area contributed by atoms with Crippen molar-refractivity contribution in [3.8, 4) is 0 Å². The highest BCUT2D eigenvalue weighted by atomic mass is 32.1. The summed E-state index contributed by atoms with van der Waals surface area (Å²) in [4.78, 5) is 4.18. The molecule has 1 saturated heterocycles. The van der Waals surface area contributed by atoms with E-state index in [0.717, 1.165) is 25.6 Å². The van der Waals surface area contributed by atoms with Crippen LogP contribution in [0.15, 0.2) is 24.3 Å². The first-order chi connectivity index (χ1) is 10.3. The highest BCUT2D eigenvalue weighted by Gasteiger charge is 2.19. The van der Waals surface area contributed by atoms with Gasteiger partial charge in [-0.3, -0.25) is 4.90 Å². The smallest absolute Gasteiger partial charge is 0.0349 e. The number of hydrogen-bond donors (Lipinski definition) is 1. The summed E-state index contributed by atoms with van der Waals surface area (Å²) >= 11 is 1.96. The fourth-order valence-corrected chi connectivity index (χ4v) is 4.54. The van der Waals surface area contributed by atoms with Crippen LogP contribution in [0.5, 0.6) is 0 Å². The van der Waals surface area contributed by atoms with Crippen LogP contribution in [0.4, 0.5) is 0 Å². The van der Waals surface area contributed by atoms with E-state index in [1.165, 1.54) is 40.9 Å². The standard InChI is InChI=1S/C18H26N2S/c1-3-19-11-18-16(13-20-10-6-7-14(2)12-20)15-8-4-5-9-17(15)21-18/h4-5,8-9,14,19H,3,6-7,10-13H2,1-2H3. The molecule has 0 aliphatic carbocycles. The van der Waals surface area contributed by atoms with Crippen molar-refractivity contribution in [2.24, 2.45) is 5.92 Å². The number of nitrogens with zero attached hydrogens (tertiary/aromatic N) is 1. The Bertz CT molecular complexity index is 590. The highest BCUT2D eigenvalue weighted by molar-refractivity contribution is 7.19. The molecule has 2 heterocycles. The second-order valence-corrected chi connectivity index (χ2v) is 7.40. The van der Waals surface area contributed by atoms with Gasteiger partial charge in [-0.25, -0.2) is 0 Å². The molecule has 3 rings (SSSR count). The topological polar surface area (TPSA) is 15.3 Å². The Morgan fingerprint density at radius 1 is 1.33 bits per heavy atom. The number of benzene rings is 1. The average molecular weight is 302 g/mol. The number of thiophene rings is 1. The lowest BCUT2D eigenvalue weighted by Gasteiger charge is -2.31. The number of hydrogen-bond acceptors (Lipinski definition) is 3. The summed E-state index contributed by atoms with van der Waals surface area (Å²) in [6.45, 7) is 10.2. The maximum Gasteiger partial charge on any atom is 0.0349 e. The van der Waals surface area contributed by atoms with Crippen molar-refractivity contribution in [1.82, 2.24) is 10.2 Å². The third kappa shape index (κ3) is 3.47. The van der Waals surface area contributed by atoms with E-state index in [-0.39, 0.29) is 0 Å². The molecule has 0 spiro atoms. The van der Waals surface area contributed by atoms with Gasteiger partial charge in [-0.2, -0.15) is 0 Å². The van der Waals surface area contributed by atoms with Crippen LogP contribution in [-0.2, 0) is 13.1 Å². The first-order valence-electron chi connectivity index (χ1n) is 8.20. The molecular weight excluding hydrogens is 276 g/mol. The van der Waals surface area contributed by atoms with Crippen LogP contribution >= 0.6 is 11.3 Å². The maximum atomic E-state index is 3.50. The molecule has 2 aromatic rings. The van der Waals surface area contributed by atoms with Gasteiger partial charge in [0.1, 0.15) is 0 Å². The molecule has 0 radical (unpaired) electrons. The molecule has 2 nitrogen and oxygen atoms in total. The fraction of sp³-hybridized carbons (Fsp3) is 0.556. The lowest BCUT2D eigenvalue weighted by Crippen LogP contribution is -2.34. The monoisotopic (exact) mass is 302 g/mol. The van der Waals surface area contributed by atoms with E-state index in [1.807, 2.05) is 11.3 Å². The van der Waals surface area contributed by atoms with Gasteiger partial charge in [0.05, 0.1) is 0 Å². The first-order valence-corrected chi connectivity index (χ1v) is 9.02. The lowest BCUT2D eigenvalue weighted by molar-refractivity contribution is 0.177. The van der Waals surface area contributed by atoms with Crippen LogP contribution in [0.2, 0.25) is 0 Å². The van der Waals surface area contributed by atoms with E-state index in [2.05, 4.69) is 48.3 Å². The Morgan fingerprint density at radius 2 is 2.19 bits per heavy atom. The Hall–Kier alpha value is -0.900. The Morgan fingerprint density at radius 3 is 3.00 bits per heavy atom.